The first-order valence-corrected chi connectivity index (χ1v) is 5.29. The van der Waals surface area contributed by atoms with Gasteiger partial charge in [-0.2, -0.15) is 0 Å². The minimum absolute atomic E-state index is 1.07. The summed E-state index contributed by atoms with van der Waals surface area (Å²) in [4.78, 5) is 0. The van der Waals surface area contributed by atoms with Crippen molar-refractivity contribution >= 4 is 20.5 Å². The summed E-state index contributed by atoms with van der Waals surface area (Å²) < 4.78 is 0. The van der Waals surface area contributed by atoms with Crippen LogP contribution >= 0.6 is 0 Å². The average Bonchev–Trinajstić information content (AvgIpc) is 1.61. The van der Waals surface area contributed by atoms with Crippen LogP contribution in [0.4, 0.5) is 0 Å². The van der Waals surface area contributed by atoms with Crippen LogP contribution in [0.25, 0.3) is 0 Å². The quantitative estimate of drug-likeness (QED) is 0.442. The van der Waals surface area contributed by atoms with Crippen LogP contribution in [0.2, 0.25) is 5.16 Å². The molecule has 0 atom stereocenters. The number of hydrogen-bond donors (Lipinski definition) is 1. The molecule has 0 rings (SSSR count). The van der Waals surface area contributed by atoms with Gasteiger partial charge < -0.3 is 5.32 Å². The molecule has 0 aliphatic carbocycles. The second-order valence-corrected chi connectivity index (χ2v) is 8.45. The van der Waals surface area contributed by atoms with Gasteiger partial charge in [-0.25, -0.2) is 0 Å². The molecule has 44 valence electrons. The van der Waals surface area contributed by atoms with Gasteiger partial charge in [0.1, 0.15) is 0 Å². The minimum atomic E-state index is 1.07. The van der Waals surface area contributed by atoms with Crippen molar-refractivity contribution in [3.63, 3.8) is 0 Å². The third kappa shape index (κ3) is 6.39. The normalized spacial score (nSPS) is 15.0. The van der Waals surface area contributed by atoms with Crippen LogP contribution in [-0.2, 0) is 0 Å². The maximum atomic E-state index is 3.32. The zero-order valence-corrected chi connectivity index (χ0v) is 9.49. The maximum absolute atomic E-state index is 3.32. The topological polar surface area (TPSA) is 12.0 Å². The summed E-state index contributed by atoms with van der Waals surface area (Å²) in [5.74, 6) is 0. The standard InChI is InChI=1S/C4H15NSi2/c1-2-5-3-4(6)7/h4-5H,2-3H2,1,6-7H3. The summed E-state index contributed by atoms with van der Waals surface area (Å²) in [5, 5.41) is 4.39. The minimum Gasteiger partial charge on any atom is -0.317 e. The molecule has 1 nitrogen and oxygen atoms in total. The van der Waals surface area contributed by atoms with Crippen LogP contribution in [0.15, 0.2) is 0 Å². The van der Waals surface area contributed by atoms with E-state index >= 15 is 0 Å². The summed E-state index contributed by atoms with van der Waals surface area (Å²) in [6.07, 6.45) is 0. The molecule has 0 fully saturated rings. The van der Waals surface area contributed by atoms with Gasteiger partial charge in [-0.15, -0.1) is 0 Å². The third-order valence-corrected chi connectivity index (χ3v) is 1.62. The predicted molar refractivity (Wildman–Crippen MR) is 42.2 cm³/mol. The van der Waals surface area contributed by atoms with Gasteiger partial charge in [-0.05, 0) is 13.1 Å². The molecule has 1 N–H and O–H groups in total. The van der Waals surface area contributed by atoms with Crippen LogP contribution in [0.3, 0.4) is 0 Å². The molecule has 0 saturated carbocycles. The summed E-state index contributed by atoms with van der Waals surface area (Å²) in [5.41, 5.74) is 0. The molecule has 0 unspecified atom stereocenters. The van der Waals surface area contributed by atoms with Crippen LogP contribution < -0.4 is 5.32 Å². The first-order valence-electron chi connectivity index (χ1n) is 2.98. The highest BCUT2D eigenvalue weighted by Crippen LogP contribution is 1.81. The molecule has 3 heteroatoms. The Kier molecular flexibility index (Phi) is 4.81. The molecule has 0 bridgehead atoms. The lowest BCUT2D eigenvalue weighted by molar-refractivity contribution is 0.745. The first kappa shape index (κ1) is 7.39. The number of nitrogens with one attached hydrogen (secondary N) is 1. The Bertz CT molecular complexity index is 38.7. The van der Waals surface area contributed by atoms with Crippen molar-refractivity contribution in [3.05, 3.63) is 0 Å². The van der Waals surface area contributed by atoms with E-state index in [0.717, 1.165) is 11.7 Å². The fourth-order valence-corrected chi connectivity index (χ4v) is 1.01. The van der Waals surface area contributed by atoms with E-state index in [4.69, 9.17) is 0 Å². The van der Waals surface area contributed by atoms with Gasteiger partial charge in [0.2, 0.25) is 0 Å². The average molecular weight is 133 g/mol. The zero-order valence-electron chi connectivity index (χ0n) is 5.49. The predicted octanol–water partition coefficient (Wildman–Crippen LogP) is -1.93. The molecular formula is C4H15NSi2. The van der Waals surface area contributed by atoms with Crippen LogP contribution in [-0.4, -0.2) is 33.6 Å². The third-order valence-electron chi connectivity index (χ3n) is 0.803. The summed E-state index contributed by atoms with van der Waals surface area (Å²) in [7, 11) is 2.76. The van der Waals surface area contributed by atoms with Gasteiger partial charge in [0.05, 0.1) is 0 Å². The Labute approximate surface area is 51.7 Å². The molecule has 0 aromatic rings. The molecule has 0 aromatic heterocycles. The Morgan fingerprint density at radius 2 is 2.14 bits per heavy atom. The van der Waals surface area contributed by atoms with E-state index in [-0.39, 0.29) is 0 Å². The Morgan fingerprint density at radius 3 is 2.29 bits per heavy atom. The molecule has 0 amide bonds. The van der Waals surface area contributed by atoms with Gasteiger partial charge in [-0.3, -0.25) is 0 Å². The van der Waals surface area contributed by atoms with Crippen LogP contribution in [0.1, 0.15) is 6.92 Å². The number of rotatable bonds is 3. The lowest BCUT2D eigenvalue weighted by Crippen LogP contribution is -2.18. The fourth-order valence-electron chi connectivity index (χ4n) is 0.433. The van der Waals surface area contributed by atoms with E-state index in [0.29, 0.717) is 0 Å². The van der Waals surface area contributed by atoms with Gasteiger partial charge >= 0.3 is 0 Å². The van der Waals surface area contributed by atoms with Crippen molar-refractivity contribution in [3.8, 4) is 0 Å². The van der Waals surface area contributed by atoms with Gasteiger partial charge in [0.15, 0.2) is 0 Å². The number of hydrogen-bond acceptors (Lipinski definition) is 1. The van der Waals surface area contributed by atoms with E-state index in [1.807, 2.05) is 0 Å². The van der Waals surface area contributed by atoms with Crippen LogP contribution in [0.5, 0.6) is 0 Å². The molecule has 0 aliphatic heterocycles. The summed E-state index contributed by atoms with van der Waals surface area (Å²) >= 11 is 0. The Morgan fingerprint density at radius 1 is 1.57 bits per heavy atom. The Balaban J connectivity index is 2.68. The van der Waals surface area contributed by atoms with Gasteiger partial charge in [0.25, 0.3) is 0 Å². The zero-order chi connectivity index (χ0) is 5.70. The highest BCUT2D eigenvalue weighted by Gasteiger charge is 1.87. The monoisotopic (exact) mass is 133 g/mol. The summed E-state index contributed by atoms with van der Waals surface area (Å²) in [6.45, 7) is 4.57. The highest BCUT2D eigenvalue weighted by atomic mass is 28.2. The van der Waals surface area contributed by atoms with Crippen molar-refractivity contribution in [1.82, 2.24) is 5.32 Å². The maximum Gasteiger partial charge on any atom is 0.00404 e. The van der Waals surface area contributed by atoms with Crippen molar-refractivity contribution in [2.45, 2.75) is 12.1 Å². The van der Waals surface area contributed by atoms with E-state index in [9.17, 15) is 0 Å². The van der Waals surface area contributed by atoms with E-state index < -0.39 is 0 Å². The Hall–Kier alpha value is 0.394. The van der Waals surface area contributed by atoms with Crippen molar-refractivity contribution < 1.29 is 0 Å². The molecule has 0 radical (unpaired) electrons. The van der Waals surface area contributed by atoms with Crippen molar-refractivity contribution in [2.75, 3.05) is 13.1 Å². The molecular weight excluding hydrogens is 118 g/mol. The van der Waals surface area contributed by atoms with Gasteiger partial charge in [-0.1, -0.05) is 12.1 Å². The first-order chi connectivity index (χ1) is 3.27. The molecule has 7 heavy (non-hydrogen) atoms. The van der Waals surface area contributed by atoms with E-state index in [1.165, 1.54) is 27.0 Å². The van der Waals surface area contributed by atoms with Crippen molar-refractivity contribution in [2.24, 2.45) is 0 Å². The lowest BCUT2D eigenvalue weighted by Gasteiger charge is -2.01. The molecule has 0 aliphatic rings. The molecule has 0 aromatic carbocycles. The molecule has 0 heterocycles. The lowest BCUT2D eigenvalue weighted by atomic mass is 10.6. The summed E-state index contributed by atoms with van der Waals surface area (Å²) in [6, 6.07) is 0. The largest absolute Gasteiger partial charge is 0.317 e. The SMILES string of the molecule is CCNCC([SiH3])[SiH3]. The fraction of sp³-hybridized carbons (Fsp3) is 1.00. The molecule has 0 saturated heterocycles. The highest BCUT2D eigenvalue weighted by molar-refractivity contribution is 6.35. The second-order valence-electron chi connectivity index (χ2n) is 2.20. The van der Waals surface area contributed by atoms with Gasteiger partial charge in [0, 0.05) is 20.5 Å². The van der Waals surface area contributed by atoms with E-state index in [1.54, 1.807) is 0 Å². The molecule has 0 spiro atoms. The smallest absolute Gasteiger partial charge is 0.00404 e. The van der Waals surface area contributed by atoms with Crippen LogP contribution in [0, 0.1) is 0 Å². The van der Waals surface area contributed by atoms with E-state index in [2.05, 4.69) is 12.2 Å². The second kappa shape index (κ2) is 4.55. The van der Waals surface area contributed by atoms with Crippen molar-refractivity contribution in [1.29, 1.82) is 0 Å².